The Kier molecular flexibility index (Phi) is 5.87. The van der Waals surface area contributed by atoms with Gasteiger partial charge in [0.05, 0.1) is 0 Å². The Hall–Kier alpha value is 0.0969. The van der Waals surface area contributed by atoms with Crippen LogP contribution < -0.4 is 0 Å². The van der Waals surface area contributed by atoms with E-state index in [2.05, 4.69) is 0 Å². The van der Waals surface area contributed by atoms with E-state index in [0.29, 0.717) is 19.8 Å². The minimum Gasteiger partial charge on any atom is -0.374 e. The van der Waals surface area contributed by atoms with Crippen molar-refractivity contribution in [1.82, 2.24) is 0 Å². The fraction of sp³-hybridized carbons (Fsp3) is 1.00. The van der Waals surface area contributed by atoms with Crippen molar-refractivity contribution in [1.29, 1.82) is 0 Å². The van der Waals surface area contributed by atoms with Gasteiger partial charge in [0.25, 0.3) is 0 Å². The van der Waals surface area contributed by atoms with E-state index in [0.717, 1.165) is 23.8 Å². The number of rotatable bonds is 9. The molecular weight excluding hydrogens is 256 g/mol. The van der Waals surface area contributed by atoms with Crippen LogP contribution in [0.25, 0.3) is 0 Å². The third kappa shape index (κ3) is 3.81. The lowest BCUT2D eigenvalue weighted by molar-refractivity contribution is 0.0687. The van der Waals surface area contributed by atoms with Crippen LogP contribution in [0.3, 0.4) is 0 Å². The smallest absolute Gasteiger partial charge is 0.374 e. The first kappa shape index (κ1) is 15.5. The van der Waals surface area contributed by atoms with Crippen LogP contribution in [0, 0.1) is 17.8 Å². The number of hydrogen-bond donors (Lipinski definition) is 0. The van der Waals surface area contributed by atoms with Crippen LogP contribution in [0.5, 0.6) is 0 Å². The summed E-state index contributed by atoms with van der Waals surface area (Å²) < 4.78 is 17.8. The normalized spacial score (nSPS) is 30.2. The van der Waals surface area contributed by atoms with Gasteiger partial charge in [0.2, 0.25) is 0 Å². The molecule has 0 heterocycles. The van der Waals surface area contributed by atoms with Crippen LogP contribution in [0.1, 0.15) is 52.9 Å². The van der Waals surface area contributed by atoms with Crippen molar-refractivity contribution < 1.29 is 13.3 Å². The zero-order valence-electron chi connectivity index (χ0n) is 12.8. The van der Waals surface area contributed by atoms with Gasteiger partial charge in [0.15, 0.2) is 0 Å². The molecule has 3 nitrogen and oxygen atoms in total. The maximum absolute atomic E-state index is 5.94. The van der Waals surface area contributed by atoms with Gasteiger partial charge in [0, 0.05) is 25.9 Å². The minimum absolute atomic E-state index is 0.697. The number of hydrogen-bond acceptors (Lipinski definition) is 3. The van der Waals surface area contributed by atoms with Gasteiger partial charge in [-0.15, -0.1) is 0 Å². The van der Waals surface area contributed by atoms with Gasteiger partial charge < -0.3 is 13.3 Å². The summed E-state index contributed by atoms with van der Waals surface area (Å²) in [4.78, 5) is 0. The Labute approximate surface area is 119 Å². The largest absolute Gasteiger partial charge is 0.500 e. The second-order valence-corrected chi connectivity index (χ2v) is 8.69. The third-order valence-corrected chi connectivity index (χ3v) is 7.89. The average molecular weight is 286 g/mol. The molecule has 0 aromatic carbocycles. The Morgan fingerprint density at radius 1 is 0.895 bits per heavy atom. The van der Waals surface area contributed by atoms with Crippen molar-refractivity contribution >= 4 is 8.80 Å². The van der Waals surface area contributed by atoms with Gasteiger partial charge in [-0.1, -0.05) is 6.42 Å². The molecule has 0 aromatic heterocycles. The van der Waals surface area contributed by atoms with Crippen LogP contribution in [0.2, 0.25) is 6.04 Å². The Morgan fingerprint density at radius 2 is 1.53 bits per heavy atom. The summed E-state index contributed by atoms with van der Waals surface area (Å²) in [6, 6.07) is 1.01. The first-order valence-electron chi connectivity index (χ1n) is 8.14. The molecule has 2 rings (SSSR count). The molecule has 0 saturated heterocycles. The Morgan fingerprint density at radius 3 is 1.95 bits per heavy atom. The number of fused-ring (bicyclic) bond motifs is 2. The molecule has 2 aliphatic carbocycles. The van der Waals surface area contributed by atoms with Gasteiger partial charge in [-0.3, -0.25) is 0 Å². The van der Waals surface area contributed by atoms with Crippen molar-refractivity contribution in [3.8, 4) is 0 Å². The fourth-order valence-electron chi connectivity index (χ4n) is 4.09. The molecule has 0 radical (unpaired) electrons. The maximum atomic E-state index is 5.94. The monoisotopic (exact) mass is 286 g/mol. The quantitative estimate of drug-likeness (QED) is 0.602. The predicted octanol–water partition coefficient (Wildman–Crippen LogP) is 3.86. The Bertz CT molecular complexity index is 255. The van der Waals surface area contributed by atoms with E-state index >= 15 is 0 Å². The summed E-state index contributed by atoms with van der Waals surface area (Å²) >= 11 is 0. The average Bonchev–Trinajstić information content (AvgIpc) is 2.99. The fourth-order valence-corrected chi connectivity index (χ4v) is 6.82. The highest BCUT2D eigenvalue weighted by molar-refractivity contribution is 6.60. The molecule has 19 heavy (non-hydrogen) atoms. The molecule has 2 fully saturated rings. The highest BCUT2D eigenvalue weighted by atomic mass is 28.4. The summed E-state index contributed by atoms with van der Waals surface area (Å²) in [5.74, 6) is 2.92. The van der Waals surface area contributed by atoms with Crippen LogP contribution in [0.15, 0.2) is 0 Å². The van der Waals surface area contributed by atoms with E-state index in [1.165, 1.54) is 32.1 Å². The molecule has 0 N–H and O–H groups in total. The van der Waals surface area contributed by atoms with Gasteiger partial charge in [0.1, 0.15) is 0 Å². The first-order valence-corrected chi connectivity index (χ1v) is 10.1. The van der Waals surface area contributed by atoms with E-state index in [9.17, 15) is 0 Å². The van der Waals surface area contributed by atoms with Gasteiger partial charge >= 0.3 is 8.80 Å². The molecule has 2 saturated carbocycles. The van der Waals surface area contributed by atoms with Crippen molar-refractivity contribution in [2.45, 2.75) is 58.9 Å². The van der Waals surface area contributed by atoms with Crippen molar-refractivity contribution in [2.75, 3.05) is 19.8 Å². The molecule has 2 bridgehead atoms. The molecule has 3 unspecified atom stereocenters. The summed E-state index contributed by atoms with van der Waals surface area (Å²) in [7, 11) is -2.39. The lowest BCUT2D eigenvalue weighted by Gasteiger charge is -2.30. The summed E-state index contributed by atoms with van der Waals surface area (Å²) in [5.41, 5.74) is 0. The molecule has 0 aromatic rings. The maximum Gasteiger partial charge on any atom is 0.500 e. The van der Waals surface area contributed by atoms with Gasteiger partial charge in [-0.05, 0) is 64.2 Å². The molecule has 0 aliphatic heterocycles. The molecule has 0 spiro atoms. The van der Waals surface area contributed by atoms with Crippen LogP contribution >= 0.6 is 0 Å². The molecule has 2 aliphatic rings. The summed E-state index contributed by atoms with van der Waals surface area (Å²) in [6.07, 6.45) is 7.11. The predicted molar refractivity (Wildman–Crippen MR) is 79.0 cm³/mol. The SMILES string of the molecule is CCO[Si](CCC1CC2CCC1C2)(OCC)OCC. The van der Waals surface area contributed by atoms with Crippen LogP contribution in [-0.4, -0.2) is 28.6 Å². The standard InChI is InChI=1S/C15H30O3Si/c1-4-16-19(17-5-2,18-6-3)10-9-15-12-13-7-8-14(15)11-13/h13-15H,4-12H2,1-3H3. The van der Waals surface area contributed by atoms with E-state index in [1.807, 2.05) is 20.8 Å². The van der Waals surface area contributed by atoms with E-state index in [4.69, 9.17) is 13.3 Å². The molecule has 4 heteroatoms. The van der Waals surface area contributed by atoms with E-state index < -0.39 is 8.80 Å². The summed E-state index contributed by atoms with van der Waals surface area (Å²) in [6.45, 7) is 8.21. The minimum atomic E-state index is -2.39. The van der Waals surface area contributed by atoms with Crippen LogP contribution in [0.4, 0.5) is 0 Å². The zero-order valence-corrected chi connectivity index (χ0v) is 13.8. The second-order valence-electron chi connectivity index (χ2n) is 5.96. The first-order chi connectivity index (χ1) is 9.23. The lowest BCUT2D eigenvalue weighted by atomic mass is 9.87. The molecule has 3 atom stereocenters. The second kappa shape index (κ2) is 7.20. The molecule has 112 valence electrons. The zero-order chi connectivity index (χ0) is 13.7. The summed E-state index contributed by atoms with van der Waals surface area (Å²) in [5, 5.41) is 0. The van der Waals surface area contributed by atoms with Gasteiger partial charge in [-0.2, -0.15) is 0 Å². The van der Waals surface area contributed by atoms with E-state index in [-0.39, 0.29) is 0 Å². The van der Waals surface area contributed by atoms with Crippen molar-refractivity contribution in [2.24, 2.45) is 17.8 Å². The van der Waals surface area contributed by atoms with Crippen molar-refractivity contribution in [3.05, 3.63) is 0 Å². The highest BCUT2D eigenvalue weighted by Crippen LogP contribution is 2.50. The van der Waals surface area contributed by atoms with Gasteiger partial charge in [-0.25, -0.2) is 0 Å². The highest BCUT2D eigenvalue weighted by Gasteiger charge is 2.44. The van der Waals surface area contributed by atoms with E-state index in [1.54, 1.807) is 0 Å². The van der Waals surface area contributed by atoms with Crippen molar-refractivity contribution in [3.63, 3.8) is 0 Å². The lowest BCUT2D eigenvalue weighted by Crippen LogP contribution is -2.46. The molecule has 0 amide bonds. The van der Waals surface area contributed by atoms with Crippen LogP contribution in [-0.2, 0) is 13.3 Å². The topological polar surface area (TPSA) is 27.7 Å². The Balaban J connectivity index is 1.87. The third-order valence-electron chi connectivity index (χ3n) is 4.80. The molecular formula is C15H30O3Si.